The van der Waals surface area contributed by atoms with Crippen molar-refractivity contribution in [3.05, 3.63) is 28.9 Å². The third-order valence-corrected chi connectivity index (χ3v) is 5.03. The van der Waals surface area contributed by atoms with E-state index >= 15 is 0 Å². The molecule has 2 amide bonds. The molecule has 0 spiro atoms. The summed E-state index contributed by atoms with van der Waals surface area (Å²) in [5.41, 5.74) is 5.86. The summed E-state index contributed by atoms with van der Waals surface area (Å²) in [5.74, 6) is 0.562. The van der Waals surface area contributed by atoms with Gasteiger partial charge in [0.25, 0.3) is 0 Å². The van der Waals surface area contributed by atoms with Gasteiger partial charge in [0.15, 0.2) is 0 Å². The summed E-state index contributed by atoms with van der Waals surface area (Å²) in [4.78, 5) is 10.9. The minimum Gasteiger partial charge on any atom is -0.385 e. The number of primary amides is 1. The van der Waals surface area contributed by atoms with E-state index in [-0.39, 0.29) is 17.9 Å². The van der Waals surface area contributed by atoms with Crippen molar-refractivity contribution in [2.45, 2.75) is 24.5 Å². The topological polar surface area (TPSA) is 104 Å². The molecule has 2 aromatic rings. The van der Waals surface area contributed by atoms with Crippen LogP contribution in [-0.4, -0.2) is 27.4 Å². The predicted molar refractivity (Wildman–Crippen MR) is 77.7 cm³/mol. The molecule has 6 nitrogen and oxygen atoms in total. The molecule has 1 aromatic carbocycles. The van der Waals surface area contributed by atoms with E-state index in [0.29, 0.717) is 17.9 Å². The first-order chi connectivity index (χ1) is 9.98. The number of nitrogens with two attached hydrogens (primary N) is 1. The summed E-state index contributed by atoms with van der Waals surface area (Å²) in [6.07, 6.45) is 2.91. The molecule has 4 atom stereocenters. The number of benzene rings is 1. The van der Waals surface area contributed by atoms with Gasteiger partial charge >= 0.3 is 6.03 Å². The summed E-state index contributed by atoms with van der Waals surface area (Å²) in [5, 5.41) is 22.1. The maximum atomic E-state index is 11.0. The van der Waals surface area contributed by atoms with Gasteiger partial charge in [0.05, 0.1) is 17.3 Å². The van der Waals surface area contributed by atoms with E-state index in [1.54, 1.807) is 18.3 Å². The highest BCUT2D eigenvalue weighted by atomic mass is 35.5. The Morgan fingerprint density at radius 3 is 2.86 bits per heavy atom. The monoisotopic (exact) mass is 306 g/mol. The normalized spacial score (nSPS) is 33.9. The predicted octanol–water partition coefficient (Wildman–Crippen LogP) is 1.48. The van der Waals surface area contributed by atoms with E-state index in [0.717, 1.165) is 16.5 Å². The number of amides is 2. The zero-order valence-corrected chi connectivity index (χ0v) is 11.9. The molecule has 1 heterocycles. The molecule has 2 fully saturated rings. The van der Waals surface area contributed by atoms with E-state index in [1.807, 2.05) is 0 Å². The molecular weight excluding hydrogens is 292 g/mol. The lowest BCUT2D eigenvalue weighted by Gasteiger charge is -2.27. The SMILES string of the molecule is NC(=O)N[C@@H]1[C@@H]2C[C@@](O)(c3cc(Cl)cc4[nH]ncc34)C[C@@H]21. The van der Waals surface area contributed by atoms with Crippen molar-refractivity contribution in [2.24, 2.45) is 17.6 Å². The van der Waals surface area contributed by atoms with Crippen LogP contribution in [0.1, 0.15) is 18.4 Å². The summed E-state index contributed by atoms with van der Waals surface area (Å²) in [6, 6.07) is 3.20. The Morgan fingerprint density at radius 2 is 2.19 bits per heavy atom. The summed E-state index contributed by atoms with van der Waals surface area (Å²) in [6.45, 7) is 0. The number of carbonyl (C=O) groups is 1. The largest absolute Gasteiger partial charge is 0.385 e. The number of rotatable bonds is 2. The Labute approximate surface area is 125 Å². The quantitative estimate of drug-likeness (QED) is 0.675. The van der Waals surface area contributed by atoms with Crippen molar-refractivity contribution in [3.8, 4) is 0 Å². The maximum absolute atomic E-state index is 11.0. The van der Waals surface area contributed by atoms with Crippen LogP contribution in [0.3, 0.4) is 0 Å². The second kappa shape index (κ2) is 4.11. The fourth-order valence-electron chi connectivity index (χ4n) is 3.86. The number of carbonyl (C=O) groups excluding carboxylic acids is 1. The van der Waals surface area contributed by atoms with Crippen LogP contribution in [0.5, 0.6) is 0 Å². The standard InChI is InChI=1S/C14H15ClN4O2/c15-6-1-10(9-5-17-19-11(9)2-6)14(21)3-7-8(4-14)12(7)18-13(16)20/h1-2,5,7-8,12,21H,3-4H2,(H,17,19)(H3,16,18,20)/t7-,8+,12-,14+. The highest BCUT2D eigenvalue weighted by Crippen LogP contribution is 2.60. The van der Waals surface area contributed by atoms with Crippen LogP contribution in [0.4, 0.5) is 4.79 Å². The minimum absolute atomic E-state index is 0.0989. The Morgan fingerprint density at radius 1 is 1.48 bits per heavy atom. The number of aromatic nitrogens is 2. The fourth-order valence-corrected chi connectivity index (χ4v) is 4.08. The number of urea groups is 1. The number of aliphatic hydroxyl groups is 1. The van der Waals surface area contributed by atoms with Crippen molar-refractivity contribution >= 4 is 28.5 Å². The average molecular weight is 307 g/mol. The molecule has 2 aliphatic rings. The zero-order chi connectivity index (χ0) is 14.8. The molecule has 0 radical (unpaired) electrons. The lowest BCUT2D eigenvalue weighted by molar-refractivity contribution is 0.0299. The van der Waals surface area contributed by atoms with Gasteiger partial charge in [-0.05, 0) is 42.4 Å². The highest BCUT2D eigenvalue weighted by Gasteiger charge is 2.62. The smallest absolute Gasteiger partial charge is 0.312 e. The molecule has 7 heteroatoms. The van der Waals surface area contributed by atoms with Crippen LogP contribution >= 0.6 is 11.6 Å². The van der Waals surface area contributed by atoms with Crippen LogP contribution in [0.15, 0.2) is 18.3 Å². The van der Waals surface area contributed by atoms with Crippen molar-refractivity contribution < 1.29 is 9.90 Å². The van der Waals surface area contributed by atoms with Gasteiger partial charge in [-0.3, -0.25) is 5.10 Å². The molecule has 0 aliphatic heterocycles. The van der Waals surface area contributed by atoms with Crippen LogP contribution in [0.2, 0.25) is 5.02 Å². The molecule has 21 heavy (non-hydrogen) atoms. The van der Waals surface area contributed by atoms with E-state index in [9.17, 15) is 9.90 Å². The molecule has 1 aromatic heterocycles. The van der Waals surface area contributed by atoms with Crippen molar-refractivity contribution in [1.29, 1.82) is 0 Å². The Hall–Kier alpha value is -1.79. The molecule has 0 bridgehead atoms. The average Bonchev–Trinajstić information content (AvgIpc) is 2.83. The molecule has 2 saturated carbocycles. The number of nitrogens with one attached hydrogen (secondary N) is 2. The summed E-state index contributed by atoms with van der Waals surface area (Å²) >= 11 is 6.13. The second-order valence-corrected chi connectivity index (χ2v) is 6.52. The molecule has 2 aliphatic carbocycles. The van der Waals surface area contributed by atoms with Gasteiger partial charge in [-0.15, -0.1) is 0 Å². The lowest BCUT2D eigenvalue weighted by atomic mass is 9.86. The Bertz CT molecular complexity index is 732. The van der Waals surface area contributed by atoms with Gasteiger partial charge in [-0.2, -0.15) is 5.10 Å². The first-order valence-corrected chi connectivity index (χ1v) is 7.27. The van der Waals surface area contributed by atoms with Crippen LogP contribution in [-0.2, 0) is 5.60 Å². The molecule has 0 unspecified atom stereocenters. The maximum Gasteiger partial charge on any atom is 0.312 e. The third-order valence-electron chi connectivity index (χ3n) is 4.81. The summed E-state index contributed by atoms with van der Waals surface area (Å²) < 4.78 is 0. The van der Waals surface area contributed by atoms with Crippen molar-refractivity contribution in [3.63, 3.8) is 0 Å². The summed E-state index contributed by atoms with van der Waals surface area (Å²) in [7, 11) is 0. The number of H-pyrrole nitrogens is 1. The van der Waals surface area contributed by atoms with Gasteiger partial charge in [0.1, 0.15) is 0 Å². The number of hydrogen-bond donors (Lipinski definition) is 4. The number of fused-ring (bicyclic) bond motifs is 2. The molecular formula is C14H15ClN4O2. The lowest BCUT2D eigenvalue weighted by Crippen LogP contribution is -2.36. The molecule has 110 valence electrons. The Balaban J connectivity index is 1.65. The van der Waals surface area contributed by atoms with Gasteiger partial charge in [-0.1, -0.05) is 11.6 Å². The molecule has 0 saturated heterocycles. The first-order valence-electron chi connectivity index (χ1n) is 6.89. The van der Waals surface area contributed by atoms with Crippen LogP contribution in [0.25, 0.3) is 10.9 Å². The van der Waals surface area contributed by atoms with E-state index in [2.05, 4.69) is 15.5 Å². The first kappa shape index (κ1) is 12.9. The number of halogens is 1. The Kier molecular flexibility index (Phi) is 2.53. The zero-order valence-electron chi connectivity index (χ0n) is 11.1. The number of nitrogens with zero attached hydrogens (tertiary/aromatic N) is 1. The van der Waals surface area contributed by atoms with Gasteiger partial charge in [-0.25, -0.2) is 4.79 Å². The molecule has 4 rings (SSSR count). The van der Waals surface area contributed by atoms with Gasteiger partial charge in [0.2, 0.25) is 0 Å². The van der Waals surface area contributed by atoms with Gasteiger partial charge in [0, 0.05) is 16.5 Å². The van der Waals surface area contributed by atoms with Crippen LogP contribution in [0, 0.1) is 11.8 Å². The number of aromatic amines is 1. The van der Waals surface area contributed by atoms with E-state index < -0.39 is 11.6 Å². The van der Waals surface area contributed by atoms with Gasteiger partial charge < -0.3 is 16.2 Å². The molecule has 5 N–H and O–H groups in total. The third kappa shape index (κ3) is 1.90. The highest BCUT2D eigenvalue weighted by molar-refractivity contribution is 6.31. The van der Waals surface area contributed by atoms with Crippen molar-refractivity contribution in [1.82, 2.24) is 15.5 Å². The van der Waals surface area contributed by atoms with E-state index in [1.165, 1.54) is 0 Å². The minimum atomic E-state index is -0.918. The second-order valence-electron chi connectivity index (χ2n) is 6.09. The number of hydrogen-bond acceptors (Lipinski definition) is 3. The van der Waals surface area contributed by atoms with E-state index in [4.69, 9.17) is 17.3 Å². The van der Waals surface area contributed by atoms with Crippen molar-refractivity contribution in [2.75, 3.05) is 0 Å². The fraction of sp³-hybridized carbons (Fsp3) is 0.429. The van der Waals surface area contributed by atoms with Crippen LogP contribution < -0.4 is 11.1 Å².